The van der Waals surface area contributed by atoms with E-state index in [9.17, 15) is 4.79 Å². The van der Waals surface area contributed by atoms with Crippen molar-refractivity contribution in [3.8, 4) is 0 Å². The van der Waals surface area contributed by atoms with Crippen LogP contribution in [-0.2, 0) is 9.53 Å². The fraction of sp³-hybridized carbons (Fsp3) is 0.842. The largest absolute Gasteiger partial charge is 0.459 e. The Morgan fingerprint density at radius 1 is 0.857 bits per heavy atom. The van der Waals surface area contributed by atoms with Crippen LogP contribution in [0.3, 0.4) is 0 Å². The van der Waals surface area contributed by atoms with E-state index in [1.807, 2.05) is 0 Å². The second-order valence-electron chi connectivity index (χ2n) is 6.21. The van der Waals surface area contributed by atoms with Gasteiger partial charge in [-0.25, -0.2) is 4.79 Å². The molecule has 1 unspecified atom stereocenters. The third-order valence-electron chi connectivity index (χ3n) is 3.88. The van der Waals surface area contributed by atoms with Gasteiger partial charge >= 0.3 is 5.97 Å². The first-order valence-corrected chi connectivity index (χ1v) is 8.98. The molecule has 0 spiro atoms. The van der Waals surface area contributed by atoms with E-state index in [0.717, 1.165) is 25.7 Å². The summed E-state index contributed by atoms with van der Waals surface area (Å²) in [6.45, 7) is 9.80. The zero-order chi connectivity index (χ0) is 15.9. The third kappa shape index (κ3) is 12.6. The molecule has 0 aromatic rings. The maximum atomic E-state index is 11.6. The molecular weight excluding hydrogens is 260 g/mol. The molecular formula is C19H36O2. The van der Waals surface area contributed by atoms with Crippen molar-refractivity contribution in [3.05, 3.63) is 12.2 Å². The Bertz CT molecular complexity index is 271. The van der Waals surface area contributed by atoms with Gasteiger partial charge in [-0.2, -0.15) is 0 Å². The van der Waals surface area contributed by atoms with Crippen molar-refractivity contribution in [2.45, 2.75) is 104 Å². The lowest BCUT2D eigenvalue weighted by Crippen LogP contribution is -2.18. The summed E-state index contributed by atoms with van der Waals surface area (Å²) in [5, 5.41) is 0. The quantitative estimate of drug-likeness (QED) is 0.217. The molecule has 124 valence electrons. The van der Waals surface area contributed by atoms with Crippen LogP contribution >= 0.6 is 0 Å². The summed E-state index contributed by atoms with van der Waals surface area (Å²) in [5.74, 6) is -0.226. The van der Waals surface area contributed by atoms with Gasteiger partial charge in [0.25, 0.3) is 0 Å². The summed E-state index contributed by atoms with van der Waals surface area (Å²) in [6.07, 6.45) is 14.9. The Morgan fingerprint density at radius 2 is 1.33 bits per heavy atom. The van der Waals surface area contributed by atoms with E-state index < -0.39 is 0 Å². The van der Waals surface area contributed by atoms with E-state index in [4.69, 9.17) is 4.74 Å². The lowest BCUT2D eigenvalue weighted by atomic mass is 10.0. The molecule has 0 aliphatic heterocycles. The first-order valence-electron chi connectivity index (χ1n) is 8.98. The lowest BCUT2D eigenvalue weighted by Gasteiger charge is -2.17. The van der Waals surface area contributed by atoms with Gasteiger partial charge in [-0.05, 0) is 26.2 Å². The zero-order valence-corrected chi connectivity index (χ0v) is 14.6. The highest BCUT2D eigenvalue weighted by atomic mass is 16.5. The zero-order valence-electron chi connectivity index (χ0n) is 14.6. The highest BCUT2D eigenvalue weighted by molar-refractivity contribution is 5.87. The van der Waals surface area contributed by atoms with Crippen LogP contribution in [0.1, 0.15) is 97.8 Å². The van der Waals surface area contributed by atoms with Crippen LogP contribution in [-0.4, -0.2) is 12.1 Å². The molecule has 0 bridgehead atoms. The summed E-state index contributed by atoms with van der Waals surface area (Å²) in [5.41, 5.74) is 0.507. The Kier molecular flexibility index (Phi) is 13.6. The van der Waals surface area contributed by atoms with Crippen molar-refractivity contribution in [3.63, 3.8) is 0 Å². The summed E-state index contributed by atoms with van der Waals surface area (Å²) in [4.78, 5) is 11.6. The molecule has 0 amide bonds. The Labute approximate surface area is 132 Å². The second kappa shape index (κ2) is 14.2. The van der Waals surface area contributed by atoms with Gasteiger partial charge in [-0.3, -0.25) is 0 Å². The lowest BCUT2D eigenvalue weighted by molar-refractivity contribution is -0.145. The molecule has 0 aliphatic carbocycles. The molecule has 21 heavy (non-hydrogen) atoms. The molecule has 2 nitrogen and oxygen atoms in total. The molecule has 1 atom stereocenters. The van der Waals surface area contributed by atoms with Crippen molar-refractivity contribution in [2.24, 2.45) is 0 Å². The normalized spacial score (nSPS) is 12.1. The van der Waals surface area contributed by atoms with Crippen molar-refractivity contribution < 1.29 is 9.53 Å². The predicted molar refractivity (Wildman–Crippen MR) is 91.4 cm³/mol. The summed E-state index contributed by atoms with van der Waals surface area (Å²) in [7, 11) is 0. The van der Waals surface area contributed by atoms with Crippen LogP contribution < -0.4 is 0 Å². The minimum Gasteiger partial charge on any atom is -0.459 e. The van der Waals surface area contributed by atoms with E-state index in [0.29, 0.717) is 5.57 Å². The van der Waals surface area contributed by atoms with E-state index in [2.05, 4.69) is 20.4 Å². The average Bonchev–Trinajstić information content (AvgIpc) is 2.46. The SMILES string of the molecule is C=C(C)C(=O)OC(CCCC)CCCCCCCCCC. The fourth-order valence-electron chi connectivity index (χ4n) is 2.45. The molecule has 0 radical (unpaired) electrons. The van der Waals surface area contributed by atoms with Gasteiger partial charge in [0, 0.05) is 5.57 Å². The predicted octanol–water partition coefficient (Wildman–Crippen LogP) is 6.20. The fourth-order valence-corrected chi connectivity index (χ4v) is 2.45. The maximum absolute atomic E-state index is 11.6. The number of unbranched alkanes of at least 4 members (excludes halogenated alkanes) is 8. The number of esters is 1. The number of carbonyl (C=O) groups excluding carboxylic acids is 1. The number of hydrogen-bond donors (Lipinski definition) is 0. The van der Waals surface area contributed by atoms with Gasteiger partial charge in [0.05, 0.1) is 0 Å². The maximum Gasteiger partial charge on any atom is 0.333 e. The van der Waals surface area contributed by atoms with E-state index in [1.54, 1.807) is 6.92 Å². The van der Waals surface area contributed by atoms with Crippen LogP contribution in [0, 0.1) is 0 Å². The molecule has 0 N–H and O–H groups in total. The van der Waals surface area contributed by atoms with E-state index in [1.165, 1.54) is 51.4 Å². The minimum atomic E-state index is -0.226. The van der Waals surface area contributed by atoms with Crippen molar-refractivity contribution in [2.75, 3.05) is 0 Å². The smallest absolute Gasteiger partial charge is 0.333 e. The van der Waals surface area contributed by atoms with Crippen LogP contribution in [0.5, 0.6) is 0 Å². The molecule has 0 saturated carbocycles. The molecule has 2 heteroatoms. The second-order valence-corrected chi connectivity index (χ2v) is 6.21. The van der Waals surface area contributed by atoms with Gasteiger partial charge in [0.2, 0.25) is 0 Å². The molecule has 0 heterocycles. The van der Waals surface area contributed by atoms with Crippen LogP contribution in [0.15, 0.2) is 12.2 Å². The summed E-state index contributed by atoms with van der Waals surface area (Å²) >= 11 is 0. The van der Waals surface area contributed by atoms with Gasteiger partial charge < -0.3 is 4.74 Å². The summed E-state index contributed by atoms with van der Waals surface area (Å²) in [6, 6.07) is 0. The monoisotopic (exact) mass is 296 g/mol. The molecule has 0 fully saturated rings. The van der Waals surface area contributed by atoms with Gasteiger partial charge in [-0.15, -0.1) is 0 Å². The highest BCUT2D eigenvalue weighted by Gasteiger charge is 2.14. The number of hydrogen-bond acceptors (Lipinski definition) is 2. The average molecular weight is 296 g/mol. The van der Waals surface area contributed by atoms with Crippen LogP contribution in [0.2, 0.25) is 0 Å². The van der Waals surface area contributed by atoms with Crippen molar-refractivity contribution in [1.82, 2.24) is 0 Å². The number of rotatable bonds is 14. The Balaban J connectivity index is 3.75. The first-order chi connectivity index (χ1) is 10.1. The van der Waals surface area contributed by atoms with Crippen LogP contribution in [0.4, 0.5) is 0 Å². The number of carbonyl (C=O) groups is 1. The van der Waals surface area contributed by atoms with Crippen LogP contribution in [0.25, 0.3) is 0 Å². The molecule has 0 aliphatic rings. The van der Waals surface area contributed by atoms with Crippen molar-refractivity contribution in [1.29, 1.82) is 0 Å². The molecule has 0 aromatic carbocycles. The minimum absolute atomic E-state index is 0.0919. The van der Waals surface area contributed by atoms with Gasteiger partial charge in [-0.1, -0.05) is 78.2 Å². The third-order valence-corrected chi connectivity index (χ3v) is 3.88. The van der Waals surface area contributed by atoms with E-state index >= 15 is 0 Å². The molecule has 0 saturated heterocycles. The van der Waals surface area contributed by atoms with Crippen molar-refractivity contribution >= 4 is 5.97 Å². The Morgan fingerprint density at radius 3 is 1.86 bits per heavy atom. The number of ether oxygens (including phenoxy) is 1. The Hall–Kier alpha value is -0.790. The molecule has 0 aromatic heterocycles. The summed E-state index contributed by atoms with van der Waals surface area (Å²) < 4.78 is 5.54. The van der Waals surface area contributed by atoms with E-state index in [-0.39, 0.29) is 12.1 Å². The standard InChI is InChI=1S/C19H36O2/c1-5-7-9-10-11-12-13-14-16-18(15-8-6-2)21-19(20)17(3)4/h18H,3,5-16H2,1-2,4H3. The topological polar surface area (TPSA) is 26.3 Å². The molecule has 0 rings (SSSR count). The van der Waals surface area contributed by atoms with Gasteiger partial charge in [0.1, 0.15) is 6.10 Å². The highest BCUT2D eigenvalue weighted by Crippen LogP contribution is 2.16. The van der Waals surface area contributed by atoms with Gasteiger partial charge in [0.15, 0.2) is 0 Å². The first kappa shape index (κ1) is 20.2.